The molecule has 0 aliphatic carbocycles. The van der Waals surface area contributed by atoms with E-state index in [0.29, 0.717) is 0 Å². The summed E-state index contributed by atoms with van der Waals surface area (Å²) in [6.45, 7) is 0. The summed E-state index contributed by atoms with van der Waals surface area (Å²) in [5.41, 5.74) is 14.2. The molecule has 0 spiro atoms. The second-order valence-corrected chi connectivity index (χ2v) is 4.16. The Balaban J connectivity index is 0.00000120. The van der Waals surface area contributed by atoms with E-state index in [1.807, 2.05) is 36.4 Å². The molecule has 2 aromatic carbocycles. The fourth-order valence-electron chi connectivity index (χ4n) is 2.00. The molecule has 0 saturated heterocycles. The lowest BCUT2D eigenvalue weighted by Gasteiger charge is -2.07. The Morgan fingerprint density at radius 3 is 2.33 bits per heavy atom. The van der Waals surface area contributed by atoms with Gasteiger partial charge in [0.2, 0.25) is 0 Å². The molecule has 0 aliphatic rings. The molecule has 0 amide bonds. The van der Waals surface area contributed by atoms with Crippen molar-refractivity contribution in [1.82, 2.24) is 4.98 Å². The standard InChI is InChI=1S/C14H13N3.ClH/c15-14(16)11-6-5-10-7-9-3-1-2-4-12(9)17-13(10)8-11;/h1-8,14H,15-16H2;1H. The summed E-state index contributed by atoms with van der Waals surface area (Å²) in [6, 6.07) is 16.1. The Morgan fingerprint density at radius 2 is 1.56 bits per heavy atom. The number of hydrogen-bond donors (Lipinski definition) is 2. The van der Waals surface area contributed by atoms with Crippen molar-refractivity contribution in [2.45, 2.75) is 6.17 Å². The van der Waals surface area contributed by atoms with Crippen LogP contribution in [0.3, 0.4) is 0 Å². The highest BCUT2D eigenvalue weighted by Crippen LogP contribution is 2.21. The molecule has 0 bridgehead atoms. The van der Waals surface area contributed by atoms with Gasteiger partial charge in [-0.15, -0.1) is 12.4 Å². The maximum Gasteiger partial charge on any atom is 0.0785 e. The Kier molecular flexibility index (Phi) is 3.48. The fourth-order valence-corrected chi connectivity index (χ4v) is 2.00. The summed E-state index contributed by atoms with van der Waals surface area (Å²) >= 11 is 0. The van der Waals surface area contributed by atoms with Gasteiger partial charge in [-0.05, 0) is 23.8 Å². The highest BCUT2D eigenvalue weighted by molar-refractivity contribution is 5.92. The predicted molar refractivity (Wildman–Crippen MR) is 77.6 cm³/mol. The van der Waals surface area contributed by atoms with Crippen molar-refractivity contribution in [1.29, 1.82) is 0 Å². The lowest BCUT2D eigenvalue weighted by Crippen LogP contribution is -2.19. The summed E-state index contributed by atoms with van der Waals surface area (Å²) in [5, 5.41) is 2.25. The van der Waals surface area contributed by atoms with Gasteiger partial charge in [-0.3, -0.25) is 0 Å². The highest BCUT2D eigenvalue weighted by Gasteiger charge is 2.03. The first-order valence-electron chi connectivity index (χ1n) is 5.55. The number of nitrogens with zero attached hydrogens (tertiary/aromatic N) is 1. The van der Waals surface area contributed by atoms with Gasteiger partial charge in [-0.2, -0.15) is 0 Å². The largest absolute Gasteiger partial charge is 0.312 e. The maximum absolute atomic E-state index is 5.67. The third-order valence-corrected chi connectivity index (χ3v) is 2.93. The van der Waals surface area contributed by atoms with Crippen LogP contribution in [0, 0.1) is 0 Å². The van der Waals surface area contributed by atoms with Crippen molar-refractivity contribution < 1.29 is 0 Å². The van der Waals surface area contributed by atoms with Crippen molar-refractivity contribution in [3.63, 3.8) is 0 Å². The second-order valence-electron chi connectivity index (χ2n) is 4.16. The summed E-state index contributed by atoms with van der Waals surface area (Å²) in [5.74, 6) is 0. The maximum atomic E-state index is 5.67. The van der Waals surface area contributed by atoms with Gasteiger partial charge >= 0.3 is 0 Å². The third-order valence-electron chi connectivity index (χ3n) is 2.93. The van der Waals surface area contributed by atoms with Crippen molar-refractivity contribution in [3.8, 4) is 0 Å². The van der Waals surface area contributed by atoms with E-state index in [1.165, 1.54) is 0 Å². The third kappa shape index (κ3) is 2.16. The number of para-hydroxylation sites is 1. The average Bonchev–Trinajstić information content (AvgIpc) is 2.35. The molecule has 0 atom stereocenters. The van der Waals surface area contributed by atoms with Crippen LogP contribution in [0.4, 0.5) is 0 Å². The normalized spacial score (nSPS) is 10.8. The van der Waals surface area contributed by atoms with Gasteiger partial charge in [-0.1, -0.05) is 30.3 Å². The monoisotopic (exact) mass is 259 g/mol. The molecule has 0 radical (unpaired) electrons. The summed E-state index contributed by atoms with van der Waals surface area (Å²) < 4.78 is 0. The van der Waals surface area contributed by atoms with Crippen LogP contribution in [-0.2, 0) is 0 Å². The Labute approximate surface area is 111 Å². The molecule has 1 aromatic heterocycles. The predicted octanol–water partition coefficient (Wildman–Crippen LogP) is 2.73. The number of pyridine rings is 1. The quantitative estimate of drug-likeness (QED) is 0.522. The molecular formula is C14H14ClN3. The lowest BCUT2D eigenvalue weighted by atomic mass is 10.1. The molecule has 1 heterocycles. The molecule has 18 heavy (non-hydrogen) atoms. The second kappa shape index (κ2) is 4.90. The number of benzene rings is 2. The van der Waals surface area contributed by atoms with E-state index in [9.17, 15) is 0 Å². The molecule has 3 rings (SSSR count). The van der Waals surface area contributed by atoms with Crippen LogP contribution < -0.4 is 11.5 Å². The molecule has 92 valence electrons. The van der Waals surface area contributed by atoms with Crippen LogP contribution in [0.5, 0.6) is 0 Å². The summed E-state index contributed by atoms with van der Waals surface area (Å²) in [6.07, 6.45) is -0.451. The molecular weight excluding hydrogens is 246 g/mol. The average molecular weight is 260 g/mol. The zero-order valence-corrected chi connectivity index (χ0v) is 10.5. The molecule has 0 saturated carbocycles. The molecule has 0 unspecified atom stereocenters. The minimum absolute atomic E-state index is 0. The number of hydrogen-bond acceptors (Lipinski definition) is 3. The van der Waals surface area contributed by atoms with Gasteiger partial charge in [0.1, 0.15) is 0 Å². The highest BCUT2D eigenvalue weighted by atomic mass is 35.5. The Bertz CT molecular complexity index is 695. The number of rotatable bonds is 1. The van der Waals surface area contributed by atoms with Crippen molar-refractivity contribution in [3.05, 3.63) is 54.1 Å². The number of halogens is 1. The van der Waals surface area contributed by atoms with Crippen molar-refractivity contribution in [2.75, 3.05) is 0 Å². The zero-order chi connectivity index (χ0) is 11.8. The minimum atomic E-state index is -0.451. The first kappa shape index (κ1) is 12.8. The van der Waals surface area contributed by atoms with Crippen LogP contribution in [0.2, 0.25) is 0 Å². The van der Waals surface area contributed by atoms with Gasteiger partial charge in [0.25, 0.3) is 0 Å². The van der Waals surface area contributed by atoms with Gasteiger partial charge in [0.05, 0.1) is 17.2 Å². The van der Waals surface area contributed by atoms with Gasteiger partial charge < -0.3 is 11.5 Å². The van der Waals surface area contributed by atoms with E-state index < -0.39 is 6.17 Å². The fraction of sp³-hybridized carbons (Fsp3) is 0.0714. The van der Waals surface area contributed by atoms with Crippen molar-refractivity contribution in [2.24, 2.45) is 11.5 Å². The van der Waals surface area contributed by atoms with Crippen LogP contribution in [0.1, 0.15) is 11.7 Å². The SMILES string of the molecule is Cl.NC(N)c1ccc2cc3ccccc3nc2c1. The molecule has 3 aromatic rings. The van der Waals surface area contributed by atoms with Crippen LogP contribution >= 0.6 is 12.4 Å². The van der Waals surface area contributed by atoms with E-state index in [1.54, 1.807) is 0 Å². The first-order chi connectivity index (χ1) is 8.24. The Hall–Kier alpha value is -1.68. The lowest BCUT2D eigenvalue weighted by molar-refractivity contribution is 0.775. The van der Waals surface area contributed by atoms with Crippen LogP contribution in [0.25, 0.3) is 21.8 Å². The molecule has 4 N–H and O–H groups in total. The van der Waals surface area contributed by atoms with Crippen LogP contribution in [0.15, 0.2) is 48.5 Å². The molecule has 0 aliphatic heterocycles. The van der Waals surface area contributed by atoms with E-state index in [4.69, 9.17) is 11.5 Å². The topological polar surface area (TPSA) is 64.9 Å². The molecule has 0 fully saturated rings. The van der Waals surface area contributed by atoms with E-state index in [0.717, 1.165) is 27.4 Å². The molecule has 4 heteroatoms. The zero-order valence-electron chi connectivity index (χ0n) is 9.71. The number of nitrogens with two attached hydrogens (primary N) is 2. The van der Waals surface area contributed by atoms with E-state index in [-0.39, 0.29) is 12.4 Å². The Morgan fingerprint density at radius 1 is 0.833 bits per heavy atom. The van der Waals surface area contributed by atoms with E-state index in [2.05, 4.69) is 17.1 Å². The number of aromatic nitrogens is 1. The van der Waals surface area contributed by atoms with Gasteiger partial charge in [0.15, 0.2) is 0 Å². The van der Waals surface area contributed by atoms with E-state index >= 15 is 0 Å². The van der Waals surface area contributed by atoms with Gasteiger partial charge in [0, 0.05) is 10.8 Å². The smallest absolute Gasteiger partial charge is 0.0785 e. The molecule has 3 nitrogen and oxygen atoms in total. The number of fused-ring (bicyclic) bond motifs is 2. The minimum Gasteiger partial charge on any atom is -0.312 e. The summed E-state index contributed by atoms with van der Waals surface area (Å²) in [4.78, 5) is 4.61. The van der Waals surface area contributed by atoms with Crippen LogP contribution in [-0.4, -0.2) is 4.98 Å². The van der Waals surface area contributed by atoms with Crippen molar-refractivity contribution >= 4 is 34.2 Å². The summed E-state index contributed by atoms with van der Waals surface area (Å²) in [7, 11) is 0. The van der Waals surface area contributed by atoms with Gasteiger partial charge in [-0.25, -0.2) is 4.98 Å². The first-order valence-corrected chi connectivity index (χ1v) is 5.55.